The summed E-state index contributed by atoms with van der Waals surface area (Å²) in [5, 5.41) is 1.37. The molecule has 0 saturated heterocycles. The molecule has 38 heavy (non-hydrogen) atoms. The van der Waals surface area contributed by atoms with Gasteiger partial charge >= 0.3 is 23.9 Å². The van der Waals surface area contributed by atoms with E-state index >= 15 is 0 Å². The van der Waals surface area contributed by atoms with Gasteiger partial charge in [0.1, 0.15) is 11.5 Å². The lowest BCUT2D eigenvalue weighted by molar-refractivity contribution is -0.131. The zero-order valence-electron chi connectivity index (χ0n) is 20.9. The number of fused-ring (bicyclic) bond motifs is 2. The fourth-order valence-corrected chi connectivity index (χ4v) is 3.70. The Kier molecular flexibility index (Phi) is 8.95. The van der Waals surface area contributed by atoms with Crippen LogP contribution in [0.25, 0.3) is 21.5 Å². The van der Waals surface area contributed by atoms with Crippen molar-refractivity contribution < 1.29 is 38.1 Å². The number of unbranched alkanes of at least 4 members (excludes halogenated alkanes) is 1. The summed E-state index contributed by atoms with van der Waals surface area (Å²) in [4.78, 5) is 48.8. The highest BCUT2D eigenvalue weighted by Crippen LogP contribution is 2.47. The predicted molar refractivity (Wildman–Crippen MR) is 143 cm³/mol. The first-order valence-electron chi connectivity index (χ1n) is 11.7. The van der Waals surface area contributed by atoms with Gasteiger partial charge in [-0.3, -0.25) is 0 Å². The molecule has 0 atom stereocenters. The number of carbonyl (C=O) groups is 4. The molecule has 194 valence electrons. The molecule has 0 amide bonds. The molecule has 0 fully saturated rings. The van der Waals surface area contributed by atoms with Crippen molar-refractivity contribution in [3.05, 3.63) is 86.5 Å². The molecule has 0 N–H and O–H groups in total. The van der Waals surface area contributed by atoms with E-state index in [4.69, 9.17) is 18.9 Å². The van der Waals surface area contributed by atoms with Crippen molar-refractivity contribution >= 4 is 45.4 Å². The maximum atomic E-state index is 12.4. The number of hydrogen-bond acceptors (Lipinski definition) is 8. The number of carbonyl (C=O) groups excluding carboxylic acids is 4. The molecule has 0 unspecified atom stereocenters. The minimum atomic E-state index is -0.829. The Balaban J connectivity index is 2.50. The van der Waals surface area contributed by atoms with Gasteiger partial charge in [0.15, 0.2) is 11.5 Å². The second-order valence-corrected chi connectivity index (χ2v) is 7.99. The molecule has 0 radical (unpaired) electrons. The molecule has 0 spiro atoms. The van der Waals surface area contributed by atoms with E-state index in [0.29, 0.717) is 10.8 Å². The number of aryl methyl sites for hydroxylation is 1. The molecular weight excluding hydrogens is 488 g/mol. The maximum absolute atomic E-state index is 12.4. The molecular formula is C30H26O8. The van der Waals surface area contributed by atoms with Crippen molar-refractivity contribution in [3.63, 3.8) is 0 Å². The molecule has 3 aromatic rings. The topological polar surface area (TPSA) is 105 Å². The SMILES string of the molecule is C=CC(=O)Oc1cc2c(OC(=O)C=C)c3ccc(CCCC)cc3c(OC(=O)C=C)c2cc1OC(=O)C=C. The first kappa shape index (κ1) is 27.6. The molecule has 8 nitrogen and oxygen atoms in total. The highest BCUT2D eigenvalue weighted by Gasteiger charge is 2.24. The van der Waals surface area contributed by atoms with Gasteiger partial charge in [0.2, 0.25) is 0 Å². The monoisotopic (exact) mass is 514 g/mol. The summed E-state index contributed by atoms with van der Waals surface area (Å²) in [5.74, 6) is -3.29. The van der Waals surface area contributed by atoms with Gasteiger partial charge in [0, 0.05) is 45.8 Å². The highest BCUT2D eigenvalue weighted by molar-refractivity contribution is 6.14. The summed E-state index contributed by atoms with van der Waals surface area (Å²) in [5.41, 5.74) is 0.963. The van der Waals surface area contributed by atoms with Crippen LogP contribution in [0, 0.1) is 0 Å². The van der Waals surface area contributed by atoms with Crippen molar-refractivity contribution in [2.75, 3.05) is 0 Å². The van der Waals surface area contributed by atoms with Crippen molar-refractivity contribution in [2.45, 2.75) is 26.2 Å². The van der Waals surface area contributed by atoms with E-state index in [0.717, 1.165) is 49.1 Å². The van der Waals surface area contributed by atoms with Crippen LogP contribution in [0.1, 0.15) is 25.3 Å². The van der Waals surface area contributed by atoms with E-state index in [1.165, 1.54) is 12.1 Å². The Morgan fingerprint density at radius 1 is 0.632 bits per heavy atom. The van der Waals surface area contributed by atoms with Gasteiger partial charge < -0.3 is 18.9 Å². The first-order chi connectivity index (χ1) is 18.3. The van der Waals surface area contributed by atoms with Gasteiger partial charge in [0.05, 0.1) is 0 Å². The Morgan fingerprint density at radius 3 is 1.50 bits per heavy atom. The third-order valence-electron chi connectivity index (χ3n) is 5.46. The van der Waals surface area contributed by atoms with Crippen molar-refractivity contribution in [2.24, 2.45) is 0 Å². The van der Waals surface area contributed by atoms with Gasteiger partial charge in [-0.15, -0.1) is 0 Å². The van der Waals surface area contributed by atoms with Crippen LogP contribution < -0.4 is 18.9 Å². The van der Waals surface area contributed by atoms with E-state index in [1.807, 2.05) is 12.1 Å². The van der Waals surface area contributed by atoms with Crippen molar-refractivity contribution in [3.8, 4) is 23.0 Å². The molecule has 0 aliphatic heterocycles. The number of hydrogen-bond donors (Lipinski definition) is 0. The normalized spacial score (nSPS) is 10.3. The van der Waals surface area contributed by atoms with E-state index in [-0.39, 0.29) is 33.8 Å². The fraction of sp³-hybridized carbons (Fsp3) is 0.133. The van der Waals surface area contributed by atoms with E-state index in [9.17, 15) is 19.2 Å². The van der Waals surface area contributed by atoms with E-state index in [1.54, 1.807) is 6.07 Å². The molecule has 0 aromatic heterocycles. The van der Waals surface area contributed by atoms with Crippen LogP contribution in [0.15, 0.2) is 81.0 Å². The van der Waals surface area contributed by atoms with Gasteiger partial charge in [-0.25, -0.2) is 19.2 Å². The number of rotatable bonds is 11. The standard InChI is InChI=1S/C30H26O8/c1-6-11-12-18-13-14-19-20(15-18)30(38-28(34)10-5)22-17-24(36-26(32)8-3)23(35-25(31)7-2)16-21(22)29(19)37-27(33)9-4/h7-10,13-17H,2-6,11-12H2,1H3. The number of esters is 4. The van der Waals surface area contributed by atoms with Crippen LogP contribution >= 0.6 is 0 Å². The maximum Gasteiger partial charge on any atom is 0.335 e. The lowest BCUT2D eigenvalue weighted by atomic mass is 9.96. The first-order valence-corrected chi connectivity index (χ1v) is 11.7. The van der Waals surface area contributed by atoms with Gasteiger partial charge in [-0.1, -0.05) is 51.8 Å². The van der Waals surface area contributed by atoms with Crippen LogP contribution in [-0.4, -0.2) is 23.9 Å². The second kappa shape index (κ2) is 12.3. The molecule has 8 heteroatoms. The summed E-state index contributed by atoms with van der Waals surface area (Å²) in [7, 11) is 0. The molecule has 3 aromatic carbocycles. The Bertz CT molecular complexity index is 1500. The average Bonchev–Trinajstić information content (AvgIpc) is 2.93. The predicted octanol–water partition coefficient (Wildman–Crippen LogP) is 5.70. The summed E-state index contributed by atoms with van der Waals surface area (Å²) in [6, 6.07) is 8.15. The number of ether oxygens (including phenoxy) is 4. The minimum absolute atomic E-state index is 0.0952. The lowest BCUT2D eigenvalue weighted by Crippen LogP contribution is -2.10. The Labute approximate surface area is 219 Å². The Hall–Kier alpha value is -4.98. The lowest BCUT2D eigenvalue weighted by Gasteiger charge is -2.18. The smallest absolute Gasteiger partial charge is 0.335 e. The average molecular weight is 515 g/mol. The molecule has 0 aliphatic rings. The van der Waals surface area contributed by atoms with Crippen LogP contribution in [0.4, 0.5) is 0 Å². The molecule has 0 bridgehead atoms. The third-order valence-corrected chi connectivity index (χ3v) is 5.46. The number of benzene rings is 3. The largest absolute Gasteiger partial charge is 0.422 e. The van der Waals surface area contributed by atoms with E-state index in [2.05, 4.69) is 33.2 Å². The quantitative estimate of drug-likeness (QED) is 0.139. The molecule has 3 rings (SSSR count). The van der Waals surface area contributed by atoms with Crippen molar-refractivity contribution in [1.82, 2.24) is 0 Å². The van der Waals surface area contributed by atoms with Crippen LogP contribution in [0.2, 0.25) is 0 Å². The summed E-state index contributed by atoms with van der Waals surface area (Å²) in [6.07, 6.45) is 6.52. The molecule has 0 saturated carbocycles. The highest BCUT2D eigenvalue weighted by atomic mass is 16.6. The zero-order chi connectivity index (χ0) is 27.8. The van der Waals surface area contributed by atoms with E-state index < -0.39 is 23.9 Å². The minimum Gasteiger partial charge on any atom is -0.422 e. The van der Waals surface area contributed by atoms with Crippen molar-refractivity contribution in [1.29, 1.82) is 0 Å². The van der Waals surface area contributed by atoms with Gasteiger partial charge in [0.25, 0.3) is 0 Å². The Morgan fingerprint density at radius 2 is 1.05 bits per heavy atom. The van der Waals surface area contributed by atoms with Crippen LogP contribution in [0.5, 0.6) is 23.0 Å². The van der Waals surface area contributed by atoms with Crippen LogP contribution in [0.3, 0.4) is 0 Å². The van der Waals surface area contributed by atoms with Gasteiger partial charge in [-0.05, 0) is 36.6 Å². The van der Waals surface area contributed by atoms with Crippen LogP contribution in [-0.2, 0) is 25.6 Å². The second-order valence-electron chi connectivity index (χ2n) is 7.99. The fourth-order valence-electron chi connectivity index (χ4n) is 3.70. The summed E-state index contributed by atoms with van der Waals surface area (Å²) >= 11 is 0. The third kappa shape index (κ3) is 6.04. The molecule has 0 heterocycles. The molecule has 0 aliphatic carbocycles. The summed E-state index contributed by atoms with van der Waals surface area (Å²) < 4.78 is 21.9. The zero-order valence-corrected chi connectivity index (χ0v) is 20.9. The van der Waals surface area contributed by atoms with Gasteiger partial charge in [-0.2, -0.15) is 0 Å². The summed E-state index contributed by atoms with van der Waals surface area (Å²) in [6.45, 7) is 15.7.